The standard InChI is InChI=1S/C13H15N3O4S/c1-16(6-5-11(17)18)13(19)15-12-14-9-4-3-8(20-2)7-10(9)21-12/h3-4,7H,5-6H2,1-2H3,(H,17,18)(H,14,15,19). The molecule has 0 aliphatic rings. The van der Waals surface area contributed by atoms with Gasteiger partial charge in [0.2, 0.25) is 0 Å². The molecule has 0 saturated carbocycles. The molecule has 0 radical (unpaired) electrons. The zero-order valence-corrected chi connectivity index (χ0v) is 12.4. The van der Waals surface area contributed by atoms with Gasteiger partial charge in [0.1, 0.15) is 5.75 Å². The molecule has 0 fully saturated rings. The summed E-state index contributed by atoms with van der Waals surface area (Å²) in [7, 11) is 3.12. The van der Waals surface area contributed by atoms with E-state index in [0.717, 1.165) is 16.0 Å². The number of benzene rings is 1. The largest absolute Gasteiger partial charge is 0.497 e. The molecule has 2 rings (SSSR count). The first-order valence-electron chi connectivity index (χ1n) is 6.18. The number of fused-ring (bicyclic) bond motifs is 1. The van der Waals surface area contributed by atoms with E-state index in [1.165, 1.54) is 23.3 Å². The number of rotatable bonds is 5. The van der Waals surface area contributed by atoms with Crippen LogP contribution in [0, 0.1) is 0 Å². The number of nitrogens with zero attached hydrogens (tertiary/aromatic N) is 2. The zero-order valence-electron chi connectivity index (χ0n) is 11.6. The van der Waals surface area contributed by atoms with E-state index in [2.05, 4.69) is 10.3 Å². The minimum Gasteiger partial charge on any atom is -0.497 e. The van der Waals surface area contributed by atoms with Crippen LogP contribution in [-0.4, -0.2) is 47.7 Å². The molecule has 0 aliphatic carbocycles. The molecule has 7 nitrogen and oxygen atoms in total. The maximum atomic E-state index is 11.9. The van der Waals surface area contributed by atoms with Crippen molar-refractivity contribution in [2.24, 2.45) is 0 Å². The van der Waals surface area contributed by atoms with Crippen LogP contribution in [-0.2, 0) is 4.79 Å². The van der Waals surface area contributed by atoms with Crippen molar-refractivity contribution in [3.05, 3.63) is 18.2 Å². The van der Waals surface area contributed by atoms with E-state index in [1.807, 2.05) is 12.1 Å². The summed E-state index contributed by atoms with van der Waals surface area (Å²) in [6.07, 6.45) is -0.0963. The number of hydrogen-bond acceptors (Lipinski definition) is 5. The average Bonchev–Trinajstić information content (AvgIpc) is 2.85. The molecule has 1 aromatic carbocycles. The third kappa shape index (κ3) is 3.82. The number of anilines is 1. The van der Waals surface area contributed by atoms with Gasteiger partial charge in [-0.2, -0.15) is 0 Å². The summed E-state index contributed by atoms with van der Waals surface area (Å²) in [5.74, 6) is -0.218. The van der Waals surface area contributed by atoms with E-state index in [4.69, 9.17) is 9.84 Å². The Morgan fingerprint density at radius 1 is 1.48 bits per heavy atom. The average molecular weight is 309 g/mol. The Morgan fingerprint density at radius 3 is 2.90 bits per heavy atom. The van der Waals surface area contributed by atoms with Crippen molar-refractivity contribution in [3.8, 4) is 5.75 Å². The maximum Gasteiger partial charge on any atom is 0.323 e. The molecule has 1 aromatic heterocycles. The summed E-state index contributed by atoms with van der Waals surface area (Å²) in [5, 5.41) is 11.7. The number of carbonyl (C=O) groups excluding carboxylic acids is 1. The van der Waals surface area contributed by atoms with E-state index < -0.39 is 5.97 Å². The second kappa shape index (κ2) is 6.40. The first-order chi connectivity index (χ1) is 9.99. The molecular weight excluding hydrogens is 294 g/mol. The number of aliphatic carboxylic acids is 1. The van der Waals surface area contributed by atoms with Gasteiger partial charge in [-0.05, 0) is 18.2 Å². The van der Waals surface area contributed by atoms with E-state index in [-0.39, 0.29) is 19.0 Å². The molecule has 2 amide bonds. The Hall–Kier alpha value is -2.35. The summed E-state index contributed by atoms with van der Waals surface area (Å²) >= 11 is 1.33. The number of methoxy groups -OCH3 is 1. The summed E-state index contributed by atoms with van der Waals surface area (Å²) in [6.45, 7) is 0.139. The highest BCUT2D eigenvalue weighted by molar-refractivity contribution is 7.22. The normalized spacial score (nSPS) is 10.4. The maximum absolute atomic E-state index is 11.9. The Labute approximate surface area is 125 Å². The molecule has 0 bridgehead atoms. The number of nitrogens with one attached hydrogen (secondary N) is 1. The molecule has 2 N–H and O–H groups in total. The minimum atomic E-state index is -0.943. The van der Waals surface area contributed by atoms with Crippen LogP contribution < -0.4 is 10.1 Å². The molecular formula is C13H15N3O4S. The monoisotopic (exact) mass is 309 g/mol. The lowest BCUT2D eigenvalue weighted by atomic mass is 10.3. The van der Waals surface area contributed by atoms with Gasteiger partial charge in [-0.15, -0.1) is 0 Å². The molecule has 2 aromatic rings. The number of thiazole rings is 1. The van der Waals surface area contributed by atoms with Crippen molar-refractivity contribution in [1.29, 1.82) is 0 Å². The van der Waals surface area contributed by atoms with Crippen molar-refractivity contribution in [1.82, 2.24) is 9.88 Å². The molecule has 0 atom stereocenters. The van der Waals surface area contributed by atoms with Crippen LogP contribution in [0.3, 0.4) is 0 Å². The Morgan fingerprint density at radius 2 is 2.24 bits per heavy atom. The number of ether oxygens (including phenoxy) is 1. The van der Waals surface area contributed by atoms with Crippen molar-refractivity contribution in [3.63, 3.8) is 0 Å². The fourth-order valence-electron chi connectivity index (χ4n) is 1.64. The van der Waals surface area contributed by atoms with Crippen LogP contribution >= 0.6 is 11.3 Å². The van der Waals surface area contributed by atoms with Gasteiger partial charge >= 0.3 is 12.0 Å². The van der Waals surface area contributed by atoms with Gasteiger partial charge in [-0.1, -0.05) is 11.3 Å². The van der Waals surface area contributed by atoms with Crippen LogP contribution in [0.1, 0.15) is 6.42 Å². The molecule has 8 heteroatoms. The van der Waals surface area contributed by atoms with E-state index in [0.29, 0.717) is 5.13 Å². The lowest BCUT2D eigenvalue weighted by molar-refractivity contribution is -0.137. The molecule has 1 heterocycles. The highest BCUT2D eigenvalue weighted by Gasteiger charge is 2.13. The summed E-state index contributed by atoms with van der Waals surface area (Å²) in [5.41, 5.74) is 0.768. The second-order valence-electron chi connectivity index (χ2n) is 4.35. The SMILES string of the molecule is COc1ccc2nc(NC(=O)N(C)CCC(=O)O)sc2c1. The lowest BCUT2D eigenvalue weighted by Crippen LogP contribution is -2.33. The molecule has 0 saturated heterocycles. The lowest BCUT2D eigenvalue weighted by Gasteiger charge is -2.15. The van der Waals surface area contributed by atoms with Crippen LogP contribution in [0.15, 0.2) is 18.2 Å². The van der Waals surface area contributed by atoms with Crippen molar-refractivity contribution in [2.45, 2.75) is 6.42 Å². The molecule has 112 valence electrons. The smallest absolute Gasteiger partial charge is 0.323 e. The summed E-state index contributed by atoms with van der Waals surface area (Å²) < 4.78 is 6.03. The fourth-order valence-corrected chi connectivity index (χ4v) is 2.52. The third-order valence-corrected chi connectivity index (χ3v) is 3.75. The highest BCUT2D eigenvalue weighted by Crippen LogP contribution is 2.29. The van der Waals surface area contributed by atoms with Crippen molar-refractivity contribution in [2.75, 3.05) is 26.0 Å². The van der Waals surface area contributed by atoms with Gasteiger partial charge in [0, 0.05) is 13.6 Å². The molecule has 0 aliphatic heterocycles. The Bertz CT molecular complexity index is 670. The molecule has 0 spiro atoms. The fraction of sp³-hybridized carbons (Fsp3) is 0.308. The van der Waals surface area contributed by atoms with Crippen LogP contribution in [0.2, 0.25) is 0 Å². The molecule has 0 unspecified atom stereocenters. The van der Waals surface area contributed by atoms with Gasteiger partial charge in [0.05, 0.1) is 23.7 Å². The number of urea groups is 1. The van der Waals surface area contributed by atoms with E-state index >= 15 is 0 Å². The first kappa shape index (κ1) is 15.0. The van der Waals surface area contributed by atoms with E-state index in [1.54, 1.807) is 13.2 Å². The quantitative estimate of drug-likeness (QED) is 0.883. The Balaban J connectivity index is 2.05. The van der Waals surface area contributed by atoms with Gasteiger partial charge in [0.25, 0.3) is 0 Å². The number of amides is 2. The number of carboxylic acids is 1. The van der Waals surface area contributed by atoms with Gasteiger partial charge in [-0.25, -0.2) is 9.78 Å². The summed E-state index contributed by atoms with van der Waals surface area (Å²) in [4.78, 5) is 28.0. The van der Waals surface area contributed by atoms with Crippen LogP contribution in [0.4, 0.5) is 9.93 Å². The van der Waals surface area contributed by atoms with Crippen LogP contribution in [0.25, 0.3) is 10.2 Å². The number of aromatic nitrogens is 1. The van der Waals surface area contributed by atoms with Gasteiger partial charge in [-0.3, -0.25) is 10.1 Å². The van der Waals surface area contributed by atoms with Gasteiger partial charge in [0.15, 0.2) is 5.13 Å². The minimum absolute atomic E-state index is 0.0963. The van der Waals surface area contributed by atoms with E-state index in [9.17, 15) is 9.59 Å². The highest BCUT2D eigenvalue weighted by atomic mass is 32.1. The number of carboxylic acid groups (broad SMARTS) is 1. The predicted octanol–water partition coefficient (Wildman–Crippen LogP) is 2.24. The van der Waals surface area contributed by atoms with Crippen molar-refractivity contribution >= 4 is 38.7 Å². The van der Waals surface area contributed by atoms with Crippen LogP contribution in [0.5, 0.6) is 5.75 Å². The molecule has 21 heavy (non-hydrogen) atoms. The van der Waals surface area contributed by atoms with Gasteiger partial charge < -0.3 is 14.7 Å². The predicted molar refractivity (Wildman–Crippen MR) is 80.1 cm³/mol. The number of carbonyl (C=O) groups is 2. The van der Waals surface area contributed by atoms with Crippen molar-refractivity contribution < 1.29 is 19.4 Å². The Kier molecular flexibility index (Phi) is 4.59. The zero-order chi connectivity index (χ0) is 15.4. The first-order valence-corrected chi connectivity index (χ1v) is 6.99. The summed E-state index contributed by atoms with van der Waals surface area (Å²) in [6, 6.07) is 5.07. The topological polar surface area (TPSA) is 91.8 Å². The second-order valence-corrected chi connectivity index (χ2v) is 5.38. The number of hydrogen-bond donors (Lipinski definition) is 2. The third-order valence-electron chi connectivity index (χ3n) is 2.82.